The van der Waals surface area contributed by atoms with Crippen LogP contribution in [0.15, 0.2) is 0 Å². The van der Waals surface area contributed by atoms with Gasteiger partial charge < -0.3 is 80.1 Å². The monoisotopic (exact) mass is 545 g/mol. The smallest absolute Gasteiger partial charge is 0.217 e. The molecule has 17 heteroatoms. The van der Waals surface area contributed by atoms with E-state index >= 15 is 0 Å². The Bertz CT molecular complexity index is 743. The zero-order chi connectivity index (χ0) is 27.6. The molecular weight excluding hydrogens is 510 g/mol. The summed E-state index contributed by atoms with van der Waals surface area (Å²) in [5.74, 6) is -0.637. The minimum Gasteiger partial charge on any atom is -0.394 e. The highest BCUT2D eigenvalue weighted by Crippen LogP contribution is 2.32. The molecule has 0 unspecified atom stereocenters. The van der Waals surface area contributed by atoms with Gasteiger partial charge in [-0.3, -0.25) is 4.79 Å². The molecule has 0 aromatic heterocycles. The van der Waals surface area contributed by atoms with Gasteiger partial charge >= 0.3 is 0 Å². The molecule has 3 saturated heterocycles. The van der Waals surface area contributed by atoms with E-state index in [-0.39, 0.29) is 0 Å². The highest BCUT2D eigenvalue weighted by molar-refractivity contribution is 5.73. The summed E-state index contributed by atoms with van der Waals surface area (Å²) in [4.78, 5) is 11.6. The average Bonchev–Trinajstić information content (AvgIpc) is 2.87. The third kappa shape index (κ3) is 6.38. The van der Waals surface area contributed by atoms with Crippen molar-refractivity contribution in [3.63, 3.8) is 0 Å². The normalized spacial score (nSPS) is 49.0. The van der Waals surface area contributed by atoms with Crippen molar-refractivity contribution >= 4 is 5.91 Å². The van der Waals surface area contributed by atoms with Crippen LogP contribution in [0.4, 0.5) is 0 Å². The first-order valence-corrected chi connectivity index (χ1v) is 11.6. The van der Waals surface area contributed by atoms with Gasteiger partial charge in [0, 0.05) is 6.92 Å². The molecule has 216 valence electrons. The number of carbonyl (C=O) groups is 1. The van der Waals surface area contributed by atoms with E-state index in [2.05, 4.69) is 5.32 Å². The maximum atomic E-state index is 11.6. The molecule has 0 bridgehead atoms. The molecule has 1 amide bonds. The number of ether oxygens (including phenoxy) is 5. The first-order chi connectivity index (χ1) is 17.4. The quantitative estimate of drug-likeness (QED) is 0.135. The summed E-state index contributed by atoms with van der Waals surface area (Å²) in [5.41, 5.74) is 0. The number of hydrogen-bond donors (Lipinski definition) is 11. The van der Waals surface area contributed by atoms with Crippen LogP contribution in [0.25, 0.3) is 0 Å². The molecule has 3 aliphatic rings. The number of carbonyl (C=O) groups excluding carboxylic acids is 1. The third-order valence-electron chi connectivity index (χ3n) is 6.49. The minimum absolute atomic E-state index is 0.637. The Morgan fingerprint density at radius 1 is 0.649 bits per heavy atom. The second kappa shape index (κ2) is 12.8. The zero-order valence-corrected chi connectivity index (χ0v) is 19.7. The van der Waals surface area contributed by atoms with E-state index in [1.54, 1.807) is 0 Å². The van der Waals surface area contributed by atoms with Crippen molar-refractivity contribution in [3.05, 3.63) is 0 Å². The van der Waals surface area contributed by atoms with E-state index in [0.29, 0.717) is 0 Å². The lowest BCUT2D eigenvalue weighted by Crippen LogP contribution is -2.68. The SMILES string of the molecule is CC(=O)N[C@H]1[C@H](O[C@@H]2[C@H](O)[C@@H](O)[C@H](O[C@@H]3[C@H](O)[C@@H](O)[C@H](O)O[C@@H]3CO)O[C@@H]2CO)O[C@H](CO)[C@H](O)[C@@H]1O. The van der Waals surface area contributed by atoms with Crippen LogP contribution in [0, 0.1) is 0 Å². The van der Waals surface area contributed by atoms with Gasteiger partial charge in [-0.15, -0.1) is 0 Å². The molecule has 0 radical (unpaired) electrons. The molecule has 37 heavy (non-hydrogen) atoms. The standard InChI is InChI=1S/C20H35NO16/c1-5(25)21-9-11(27)10(26)6(2-22)34-19(9)36-17-8(4-24)35-20(15(31)13(17)29)37-16-7(3-23)33-18(32)14(30)12(16)28/h6-20,22-24,26-32H,2-4H2,1H3,(H,21,25)/t6-,7-,8-,9-,10+,11-,12-,13-,14-,15-,16+,17+,18-,19+,20+/m1/s1. The summed E-state index contributed by atoms with van der Waals surface area (Å²) in [6.07, 6.45) is -23.1. The van der Waals surface area contributed by atoms with Crippen LogP contribution >= 0.6 is 0 Å². The Morgan fingerprint density at radius 3 is 1.68 bits per heavy atom. The van der Waals surface area contributed by atoms with Crippen LogP contribution in [0.5, 0.6) is 0 Å². The highest BCUT2D eigenvalue weighted by atomic mass is 16.7. The summed E-state index contributed by atoms with van der Waals surface area (Å²) in [5, 5.41) is 103. The van der Waals surface area contributed by atoms with Crippen molar-refractivity contribution in [2.24, 2.45) is 0 Å². The highest BCUT2D eigenvalue weighted by Gasteiger charge is 2.53. The number of hydrogen-bond acceptors (Lipinski definition) is 16. The fourth-order valence-electron chi connectivity index (χ4n) is 4.46. The Balaban J connectivity index is 1.77. The number of aliphatic hydroxyl groups excluding tert-OH is 10. The summed E-state index contributed by atoms with van der Waals surface area (Å²) in [6.45, 7) is -1.21. The predicted molar refractivity (Wildman–Crippen MR) is 113 cm³/mol. The molecule has 0 aromatic carbocycles. The molecule has 0 saturated carbocycles. The number of amides is 1. The second-order valence-electron chi connectivity index (χ2n) is 9.07. The minimum atomic E-state index is -1.92. The summed E-state index contributed by atoms with van der Waals surface area (Å²) in [6, 6.07) is -1.39. The van der Waals surface area contributed by atoms with Crippen molar-refractivity contribution in [2.45, 2.75) is 99.0 Å². The number of nitrogens with one attached hydrogen (secondary N) is 1. The molecule has 0 spiro atoms. The van der Waals surface area contributed by atoms with Crippen LogP contribution < -0.4 is 5.32 Å². The van der Waals surface area contributed by atoms with E-state index in [0.717, 1.165) is 6.92 Å². The van der Waals surface area contributed by atoms with E-state index in [1.165, 1.54) is 0 Å². The molecule has 3 aliphatic heterocycles. The van der Waals surface area contributed by atoms with Crippen LogP contribution in [0.3, 0.4) is 0 Å². The van der Waals surface area contributed by atoms with Gasteiger partial charge in [0.15, 0.2) is 18.9 Å². The Morgan fingerprint density at radius 2 is 1.14 bits per heavy atom. The van der Waals surface area contributed by atoms with Crippen LogP contribution in [-0.4, -0.2) is 169 Å². The second-order valence-corrected chi connectivity index (χ2v) is 9.07. The molecule has 3 fully saturated rings. The zero-order valence-electron chi connectivity index (χ0n) is 19.7. The van der Waals surface area contributed by atoms with Crippen LogP contribution in [0.1, 0.15) is 6.92 Å². The summed E-state index contributed by atoms with van der Waals surface area (Å²) in [7, 11) is 0. The Kier molecular flexibility index (Phi) is 10.5. The van der Waals surface area contributed by atoms with Gasteiger partial charge in [0.2, 0.25) is 5.91 Å². The van der Waals surface area contributed by atoms with Crippen molar-refractivity contribution in [3.8, 4) is 0 Å². The molecule has 3 rings (SSSR count). The first kappa shape index (κ1) is 30.4. The van der Waals surface area contributed by atoms with E-state index < -0.39 is 118 Å². The van der Waals surface area contributed by atoms with Gasteiger partial charge in [-0.1, -0.05) is 0 Å². The van der Waals surface area contributed by atoms with E-state index in [1.807, 2.05) is 0 Å². The van der Waals surface area contributed by atoms with E-state index in [9.17, 15) is 55.9 Å². The topological polar surface area (TPSA) is 278 Å². The predicted octanol–water partition coefficient (Wildman–Crippen LogP) is -7.43. The average molecular weight is 545 g/mol. The van der Waals surface area contributed by atoms with Crippen molar-refractivity contribution in [2.75, 3.05) is 19.8 Å². The van der Waals surface area contributed by atoms with Crippen molar-refractivity contribution in [1.82, 2.24) is 5.32 Å². The lowest BCUT2D eigenvalue weighted by Gasteiger charge is -2.48. The molecule has 3 heterocycles. The molecule has 11 N–H and O–H groups in total. The maximum Gasteiger partial charge on any atom is 0.217 e. The molecule has 0 aliphatic carbocycles. The van der Waals surface area contributed by atoms with Gasteiger partial charge in [-0.05, 0) is 0 Å². The largest absolute Gasteiger partial charge is 0.394 e. The van der Waals surface area contributed by atoms with Gasteiger partial charge in [-0.2, -0.15) is 0 Å². The molecule has 15 atom stereocenters. The summed E-state index contributed by atoms with van der Waals surface area (Å²) < 4.78 is 27.0. The van der Waals surface area contributed by atoms with Crippen molar-refractivity contribution < 1.29 is 79.5 Å². The van der Waals surface area contributed by atoms with Crippen molar-refractivity contribution in [1.29, 1.82) is 0 Å². The molecule has 17 nitrogen and oxygen atoms in total. The fraction of sp³-hybridized carbons (Fsp3) is 0.950. The Hall–Kier alpha value is -1.13. The van der Waals surface area contributed by atoms with Gasteiger partial charge in [0.25, 0.3) is 0 Å². The lowest BCUT2D eigenvalue weighted by molar-refractivity contribution is -0.372. The maximum absolute atomic E-state index is 11.6. The van der Waals surface area contributed by atoms with Gasteiger partial charge in [0.05, 0.1) is 19.8 Å². The van der Waals surface area contributed by atoms with Crippen LogP contribution in [-0.2, 0) is 28.5 Å². The lowest BCUT2D eigenvalue weighted by atomic mass is 9.95. The first-order valence-electron chi connectivity index (χ1n) is 11.6. The molecular formula is C20H35NO16. The summed E-state index contributed by atoms with van der Waals surface area (Å²) >= 11 is 0. The number of rotatable bonds is 8. The van der Waals surface area contributed by atoms with Gasteiger partial charge in [-0.25, -0.2) is 0 Å². The fourth-order valence-corrected chi connectivity index (χ4v) is 4.46. The van der Waals surface area contributed by atoms with E-state index in [4.69, 9.17) is 23.7 Å². The van der Waals surface area contributed by atoms with Gasteiger partial charge in [0.1, 0.15) is 73.2 Å². The third-order valence-corrected chi connectivity index (χ3v) is 6.49. The number of aliphatic hydroxyl groups is 10. The molecule has 0 aromatic rings. The Labute approximate surface area is 210 Å². The van der Waals surface area contributed by atoms with Crippen LogP contribution in [0.2, 0.25) is 0 Å².